The molecule has 40 heavy (non-hydrogen) atoms. The molecule has 3 aromatic heterocycles. The lowest BCUT2D eigenvalue weighted by molar-refractivity contribution is 0.254. The van der Waals surface area contributed by atoms with Gasteiger partial charge in [0.1, 0.15) is 22.5 Å². The Morgan fingerprint density at radius 1 is 1.12 bits per heavy atom. The first-order valence-electron chi connectivity index (χ1n) is 12.8. The van der Waals surface area contributed by atoms with Gasteiger partial charge in [0.15, 0.2) is 0 Å². The van der Waals surface area contributed by atoms with Crippen LogP contribution in [0.25, 0.3) is 22.2 Å². The minimum Gasteiger partial charge on any atom is -0.350 e. The van der Waals surface area contributed by atoms with E-state index in [9.17, 15) is 17.6 Å². The molecule has 0 unspecified atom stereocenters. The Kier molecular flexibility index (Phi) is 7.76. The third-order valence-corrected chi connectivity index (χ3v) is 8.52. The van der Waals surface area contributed by atoms with Gasteiger partial charge in [0.05, 0.1) is 5.02 Å². The summed E-state index contributed by atoms with van der Waals surface area (Å²) in [5, 5.41) is 6.95. The standard InChI is InChI=1S/C27H29ClFN7O3S/c1-15(2)36-25-17(12-31-27(34-25)33-19-11-18(29)13-30-14-19)10-21(26(36)37)20-8-9-24(32-16(20)3)35-40(38,39)23-7-5-4-6-22(23)28/h4-10,12,15,18-19,30H,11,13-14H2,1-3H3,(H,32,35)(H,31,33,34)/t18-,19-/m0/s1. The number of fused-ring (bicyclic) bond motifs is 1. The molecule has 0 bridgehead atoms. The van der Waals surface area contributed by atoms with Crippen LogP contribution in [0.1, 0.15) is 32.0 Å². The fourth-order valence-corrected chi connectivity index (χ4v) is 6.32. The summed E-state index contributed by atoms with van der Waals surface area (Å²) in [6, 6.07) is 10.6. The maximum atomic E-state index is 13.8. The molecule has 10 nitrogen and oxygen atoms in total. The monoisotopic (exact) mass is 585 g/mol. The molecule has 0 radical (unpaired) electrons. The van der Waals surface area contributed by atoms with Gasteiger partial charge in [-0.2, -0.15) is 4.98 Å². The second-order valence-corrected chi connectivity index (χ2v) is 12.1. The van der Waals surface area contributed by atoms with E-state index in [0.29, 0.717) is 53.3 Å². The predicted molar refractivity (Wildman–Crippen MR) is 154 cm³/mol. The van der Waals surface area contributed by atoms with Crippen LogP contribution in [-0.4, -0.2) is 53.2 Å². The average molecular weight is 586 g/mol. The van der Waals surface area contributed by atoms with Gasteiger partial charge in [-0.3, -0.25) is 14.1 Å². The first kappa shape index (κ1) is 27.9. The topological polar surface area (TPSA) is 131 Å². The predicted octanol–water partition coefficient (Wildman–Crippen LogP) is 4.31. The van der Waals surface area contributed by atoms with Crippen LogP contribution in [0.2, 0.25) is 5.02 Å². The van der Waals surface area contributed by atoms with E-state index < -0.39 is 16.2 Å². The van der Waals surface area contributed by atoms with Crippen molar-refractivity contribution in [2.24, 2.45) is 0 Å². The van der Waals surface area contributed by atoms with Gasteiger partial charge in [0, 0.05) is 60.0 Å². The molecule has 4 heterocycles. The van der Waals surface area contributed by atoms with E-state index in [4.69, 9.17) is 11.6 Å². The highest BCUT2D eigenvalue weighted by Gasteiger charge is 2.23. The Balaban J connectivity index is 1.50. The number of aryl methyl sites for hydroxylation is 1. The molecule has 1 saturated heterocycles. The summed E-state index contributed by atoms with van der Waals surface area (Å²) in [5.41, 5.74) is 1.57. The second-order valence-electron chi connectivity index (χ2n) is 10.00. The molecular weight excluding hydrogens is 557 g/mol. The molecule has 1 aliphatic heterocycles. The molecule has 0 amide bonds. The summed E-state index contributed by atoms with van der Waals surface area (Å²) in [6.07, 6.45) is 1.03. The Morgan fingerprint density at radius 2 is 1.90 bits per heavy atom. The molecule has 1 aliphatic rings. The van der Waals surface area contributed by atoms with Crippen LogP contribution in [0, 0.1) is 6.92 Å². The fraction of sp³-hybridized carbons (Fsp3) is 0.333. The lowest BCUT2D eigenvalue weighted by atomic mass is 10.0. The maximum Gasteiger partial charge on any atom is 0.264 e. The van der Waals surface area contributed by atoms with Gasteiger partial charge in [-0.05, 0) is 51.1 Å². The number of nitrogens with zero attached hydrogens (tertiary/aromatic N) is 4. The molecule has 3 N–H and O–H groups in total. The number of anilines is 2. The number of piperidine rings is 1. The maximum absolute atomic E-state index is 13.8. The quantitative estimate of drug-likeness (QED) is 0.292. The van der Waals surface area contributed by atoms with Crippen LogP contribution in [0.5, 0.6) is 0 Å². The van der Waals surface area contributed by atoms with Crippen molar-refractivity contribution in [1.29, 1.82) is 0 Å². The van der Waals surface area contributed by atoms with Gasteiger partial charge in [-0.15, -0.1) is 0 Å². The van der Waals surface area contributed by atoms with Crippen molar-refractivity contribution < 1.29 is 12.8 Å². The molecule has 0 aliphatic carbocycles. The van der Waals surface area contributed by atoms with Crippen molar-refractivity contribution in [3.63, 3.8) is 0 Å². The zero-order valence-electron chi connectivity index (χ0n) is 22.1. The molecule has 0 saturated carbocycles. The van der Waals surface area contributed by atoms with E-state index in [1.165, 1.54) is 18.2 Å². The number of rotatable bonds is 7. The minimum absolute atomic E-state index is 0.0623. The Labute approximate surface area is 236 Å². The summed E-state index contributed by atoms with van der Waals surface area (Å²) in [4.78, 5) is 27.1. The van der Waals surface area contributed by atoms with E-state index >= 15 is 0 Å². The smallest absolute Gasteiger partial charge is 0.264 e. The average Bonchev–Trinajstić information content (AvgIpc) is 2.88. The van der Waals surface area contributed by atoms with Gasteiger partial charge in [0.25, 0.3) is 15.6 Å². The molecule has 1 fully saturated rings. The third kappa shape index (κ3) is 5.65. The van der Waals surface area contributed by atoms with Crippen LogP contribution in [0.3, 0.4) is 0 Å². The lowest BCUT2D eigenvalue weighted by Gasteiger charge is -2.26. The fourth-order valence-electron chi connectivity index (χ4n) is 4.80. The number of hydrogen-bond acceptors (Lipinski definition) is 8. The molecule has 4 aromatic rings. The van der Waals surface area contributed by atoms with E-state index in [1.807, 2.05) is 13.8 Å². The van der Waals surface area contributed by atoms with Crippen LogP contribution in [0.4, 0.5) is 16.2 Å². The van der Waals surface area contributed by atoms with Crippen molar-refractivity contribution in [2.45, 2.75) is 50.3 Å². The molecule has 13 heteroatoms. The number of sulfonamides is 1. The molecule has 210 valence electrons. The van der Waals surface area contributed by atoms with Crippen LogP contribution < -0.4 is 20.9 Å². The molecular formula is C27H29ClFN7O3S. The minimum atomic E-state index is -3.97. The van der Waals surface area contributed by atoms with Crippen LogP contribution >= 0.6 is 11.6 Å². The normalized spacial score (nSPS) is 17.8. The first-order valence-corrected chi connectivity index (χ1v) is 14.7. The third-order valence-electron chi connectivity index (χ3n) is 6.66. The summed E-state index contributed by atoms with van der Waals surface area (Å²) < 4.78 is 43.5. The van der Waals surface area contributed by atoms with Crippen molar-refractivity contribution in [3.05, 3.63) is 69.7 Å². The Bertz CT molecular complexity index is 1750. The molecule has 5 rings (SSSR count). The van der Waals surface area contributed by atoms with Crippen molar-refractivity contribution in [3.8, 4) is 11.1 Å². The zero-order chi connectivity index (χ0) is 28.6. The number of nitrogens with one attached hydrogen (secondary N) is 3. The number of alkyl halides is 1. The Hall–Kier alpha value is -3.61. The van der Waals surface area contributed by atoms with E-state index in [2.05, 4.69) is 30.3 Å². The van der Waals surface area contributed by atoms with E-state index in [-0.39, 0.29) is 33.4 Å². The molecule has 2 atom stereocenters. The summed E-state index contributed by atoms with van der Waals surface area (Å²) >= 11 is 6.07. The number of halogens is 2. The Morgan fingerprint density at radius 3 is 2.60 bits per heavy atom. The number of hydrogen-bond donors (Lipinski definition) is 3. The highest BCUT2D eigenvalue weighted by molar-refractivity contribution is 7.92. The SMILES string of the molecule is Cc1nc(NS(=O)(=O)c2ccccc2Cl)ccc1-c1cc2cnc(N[C@@H]3CNC[C@@H](F)C3)nc2n(C(C)C)c1=O. The van der Waals surface area contributed by atoms with Gasteiger partial charge >= 0.3 is 0 Å². The van der Waals surface area contributed by atoms with Crippen LogP contribution in [0.15, 0.2) is 58.4 Å². The van der Waals surface area contributed by atoms with Crippen molar-refractivity contribution in [2.75, 3.05) is 23.1 Å². The largest absolute Gasteiger partial charge is 0.350 e. The van der Waals surface area contributed by atoms with Gasteiger partial charge in [-0.1, -0.05) is 23.7 Å². The number of pyridine rings is 2. The number of aromatic nitrogens is 4. The summed E-state index contributed by atoms with van der Waals surface area (Å²) in [5.74, 6) is 0.417. The highest BCUT2D eigenvalue weighted by Crippen LogP contribution is 2.27. The molecule has 0 spiro atoms. The van der Waals surface area contributed by atoms with Gasteiger partial charge in [-0.25, -0.2) is 22.8 Å². The highest BCUT2D eigenvalue weighted by atomic mass is 35.5. The lowest BCUT2D eigenvalue weighted by Crippen LogP contribution is -2.44. The summed E-state index contributed by atoms with van der Waals surface area (Å²) in [7, 11) is -3.97. The number of benzene rings is 1. The first-order chi connectivity index (χ1) is 19.0. The second kappa shape index (κ2) is 11.1. The molecule has 1 aromatic carbocycles. The van der Waals surface area contributed by atoms with Gasteiger partial charge in [0.2, 0.25) is 5.95 Å². The van der Waals surface area contributed by atoms with E-state index in [1.54, 1.807) is 42.0 Å². The van der Waals surface area contributed by atoms with Crippen molar-refractivity contribution >= 4 is 44.4 Å². The van der Waals surface area contributed by atoms with Crippen LogP contribution in [-0.2, 0) is 10.0 Å². The van der Waals surface area contributed by atoms with Crippen molar-refractivity contribution in [1.82, 2.24) is 24.8 Å². The zero-order valence-corrected chi connectivity index (χ0v) is 23.7. The van der Waals surface area contributed by atoms with E-state index in [0.717, 1.165) is 0 Å². The summed E-state index contributed by atoms with van der Waals surface area (Å²) in [6.45, 7) is 6.39. The van der Waals surface area contributed by atoms with Gasteiger partial charge < -0.3 is 10.6 Å².